The van der Waals surface area contributed by atoms with Gasteiger partial charge in [0.2, 0.25) is 10.0 Å². The zero-order valence-electron chi connectivity index (χ0n) is 19.4. The largest absolute Gasteiger partial charge is 0.480 e. The fourth-order valence-electron chi connectivity index (χ4n) is 3.67. The molecule has 0 aliphatic heterocycles. The van der Waals surface area contributed by atoms with Crippen molar-refractivity contribution >= 4 is 49.6 Å². The number of carbonyl (C=O) groups is 2. The van der Waals surface area contributed by atoms with Crippen LogP contribution >= 0.6 is 0 Å². The molecule has 9 nitrogen and oxygen atoms in total. The summed E-state index contributed by atoms with van der Waals surface area (Å²) in [7, 11) is -4.10. The topological polar surface area (TPSA) is 138 Å². The van der Waals surface area contributed by atoms with Gasteiger partial charge in [-0.2, -0.15) is 4.72 Å². The van der Waals surface area contributed by atoms with Gasteiger partial charge in [-0.05, 0) is 53.9 Å². The highest BCUT2D eigenvalue weighted by atomic mass is 32.2. The number of carboxylic acid groups (broad SMARTS) is 1. The first-order valence-corrected chi connectivity index (χ1v) is 12.5. The number of carbonyl (C=O) groups excluding carboxylic acids is 1. The second-order valence-corrected chi connectivity index (χ2v) is 10.3. The third-order valence-electron chi connectivity index (χ3n) is 5.59. The molecule has 11 heteroatoms. The van der Waals surface area contributed by atoms with Crippen molar-refractivity contribution in [2.45, 2.75) is 31.3 Å². The third kappa shape index (κ3) is 5.47. The van der Waals surface area contributed by atoms with Crippen LogP contribution in [0.15, 0.2) is 70.0 Å². The zero-order valence-corrected chi connectivity index (χ0v) is 20.2. The molecule has 0 radical (unpaired) electrons. The molecule has 0 bridgehead atoms. The van der Waals surface area contributed by atoms with Gasteiger partial charge in [0.15, 0.2) is 0 Å². The normalized spacial score (nSPS) is 12.7. The lowest BCUT2D eigenvalue weighted by Gasteiger charge is -2.17. The highest BCUT2D eigenvalue weighted by Crippen LogP contribution is 2.32. The summed E-state index contributed by atoms with van der Waals surface area (Å²) in [6, 6.07) is 13.2. The molecule has 0 unspecified atom stereocenters. The Labute approximate surface area is 206 Å². The average molecular weight is 514 g/mol. The lowest BCUT2D eigenvalue weighted by molar-refractivity contribution is -0.140. The first-order chi connectivity index (χ1) is 17.0. The summed E-state index contributed by atoms with van der Waals surface area (Å²) in [5, 5.41) is 15.9. The summed E-state index contributed by atoms with van der Waals surface area (Å²) in [5.74, 6) is -2.07. The molecular weight excluding hydrogens is 489 g/mol. The number of sulfonamides is 1. The Hall–Kier alpha value is -3.96. The number of amides is 2. The molecule has 1 heterocycles. The molecular formula is C25H24FN3O6S. The van der Waals surface area contributed by atoms with Crippen LogP contribution in [0.2, 0.25) is 0 Å². The van der Waals surface area contributed by atoms with Crippen LogP contribution in [0.4, 0.5) is 14.9 Å². The molecule has 1 aromatic heterocycles. The summed E-state index contributed by atoms with van der Waals surface area (Å²) >= 11 is 0. The number of anilines is 1. The second-order valence-electron chi connectivity index (χ2n) is 8.59. The number of halogens is 1. The van der Waals surface area contributed by atoms with Crippen LogP contribution in [-0.4, -0.2) is 31.6 Å². The van der Waals surface area contributed by atoms with Crippen molar-refractivity contribution in [2.24, 2.45) is 5.92 Å². The average Bonchev–Trinajstić information content (AvgIpc) is 3.19. The standard InChI is InChI=1S/C25H24FN3O6S/c1-14(2)23(24(30)31)29-36(33,34)18-8-10-21-20(12-18)19-9-7-17(11-22(19)35-21)28-25(32)27-13-15-3-5-16(26)6-4-15/h3-12,14,23,29H,13H2,1-2H3,(H,30,31)(H2,27,28,32)/t23-/m0/s1. The molecule has 0 aliphatic rings. The Balaban J connectivity index is 1.53. The summed E-state index contributed by atoms with van der Waals surface area (Å²) in [6.45, 7) is 3.44. The van der Waals surface area contributed by atoms with Crippen LogP contribution in [0, 0.1) is 11.7 Å². The predicted octanol–water partition coefficient (Wildman–Crippen LogP) is 4.43. The van der Waals surface area contributed by atoms with Crippen LogP contribution in [-0.2, 0) is 21.4 Å². The molecule has 0 spiro atoms. The SMILES string of the molecule is CC(C)[C@H](NS(=O)(=O)c1ccc2oc3cc(NC(=O)NCc4ccc(F)cc4)ccc3c2c1)C(=O)O. The van der Waals surface area contributed by atoms with Crippen molar-refractivity contribution in [1.82, 2.24) is 10.0 Å². The van der Waals surface area contributed by atoms with Crippen molar-refractivity contribution in [2.75, 3.05) is 5.32 Å². The number of urea groups is 1. The number of fused-ring (bicyclic) bond motifs is 3. The molecule has 3 aromatic carbocycles. The van der Waals surface area contributed by atoms with Gasteiger partial charge in [-0.25, -0.2) is 17.6 Å². The van der Waals surface area contributed by atoms with Crippen LogP contribution in [0.3, 0.4) is 0 Å². The third-order valence-corrected chi connectivity index (χ3v) is 7.03. The molecule has 0 saturated heterocycles. The fourth-order valence-corrected chi connectivity index (χ4v) is 5.03. The van der Waals surface area contributed by atoms with Crippen LogP contribution in [0.25, 0.3) is 21.9 Å². The van der Waals surface area contributed by atoms with Crippen molar-refractivity contribution in [1.29, 1.82) is 0 Å². The highest BCUT2D eigenvalue weighted by molar-refractivity contribution is 7.89. The molecule has 0 fully saturated rings. The van der Waals surface area contributed by atoms with Crippen LogP contribution in [0.1, 0.15) is 19.4 Å². The van der Waals surface area contributed by atoms with Gasteiger partial charge in [0.25, 0.3) is 0 Å². The number of benzene rings is 3. The lowest BCUT2D eigenvalue weighted by atomic mass is 10.1. The molecule has 36 heavy (non-hydrogen) atoms. The van der Waals surface area contributed by atoms with Gasteiger partial charge in [0.05, 0.1) is 4.90 Å². The van der Waals surface area contributed by atoms with Crippen LogP contribution in [0.5, 0.6) is 0 Å². The van der Waals surface area contributed by atoms with E-state index in [4.69, 9.17) is 4.42 Å². The summed E-state index contributed by atoms with van der Waals surface area (Å²) in [5.41, 5.74) is 2.05. The van der Waals surface area contributed by atoms with Gasteiger partial charge < -0.3 is 20.2 Å². The van der Waals surface area contributed by atoms with Crippen LogP contribution < -0.4 is 15.4 Å². The summed E-state index contributed by atoms with van der Waals surface area (Å²) < 4.78 is 46.7. The first kappa shape index (κ1) is 25.1. The van der Waals surface area contributed by atoms with Crippen molar-refractivity contribution in [3.05, 3.63) is 72.0 Å². The molecule has 0 saturated carbocycles. The van der Waals surface area contributed by atoms with Crippen molar-refractivity contribution < 1.29 is 31.9 Å². The lowest BCUT2D eigenvalue weighted by Crippen LogP contribution is -2.44. The van der Waals surface area contributed by atoms with Gasteiger partial charge in [-0.1, -0.05) is 26.0 Å². The van der Waals surface area contributed by atoms with E-state index in [-0.39, 0.29) is 17.3 Å². The molecule has 4 aromatic rings. The molecule has 0 aliphatic carbocycles. The minimum Gasteiger partial charge on any atom is -0.480 e. The molecule has 188 valence electrons. The Bertz CT molecular complexity index is 1550. The van der Waals surface area contributed by atoms with Crippen molar-refractivity contribution in [3.63, 3.8) is 0 Å². The fraction of sp³-hybridized carbons (Fsp3) is 0.200. The smallest absolute Gasteiger partial charge is 0.322 e. The van der Waals surface area contributed by atoms with E-state index in [9.17, 15) is 27.5 Å². The quantitative estimate of drug-likeness (QED) is 0.275. The van der Waals surface area contributed by atoms with E-state index < -0.39 is 34.0 Å². The predicted molar refractivity (Wildman–Crippen MR) is 133 cm³/mol. The monoisotopic (exact) mass is 513 g/mol. The van der Waals surface area contributed by atoms with E-state index in [1.54, 1.807) is 44.2 Å². The second kappa shape index (κ2) is 9.96. The van der Waals surface area contributed by atoms with Gasteiger partial charge in [0, 0.05) is 29.1 Å². The van der Waals surface area contributed by atoms with E-state index in [0.29, 0.717) is 27.6 Å². The number of hydrogen-bond acceptors (Lipinski definition) is 5. The minimum atomic E-state index is -4.10. The zero-order chi connectivity index (χ0) is 26.0. The molecule has 4 N–H and O–H groups in total. The highest BCUT2D eigenvalue weighted by Gasteiger charge is 2.28. The Morgan fingerprint density at radius 1 is 0.972 bits per heavy atom. The Morgan fingerprint density at radius 3 is 2.36 bits per heavy atom. The number of carboxylic acids is 1. The van der Waals surface area contributed by atoms with E-state index in [2.05, 4.69) is 15.4 Å². The van der Waals surface area contributed by atoms with E-state index >= 15 is 0 Å². The van der Waals surface area contributed by atoms with E-state index in [0.717, 1.165) is 5.56 Å². The van der Waals surface area contributed by atoms with E-state index in [1.165, 1.54) is 30.3 Å². The van der Waals surface area contributed by atoms with Crippen molar-refractivity contribution in [3.8, 4) is 0 Å². The molecule has 2 amide bonds. The molecule has 1 atom stereocenters. The van der Waals surface area contributed by atoms with Gasteiger partial charge in [0.1, 0.15) is 23.0 Å². The minimum absolute atomic E-state index is 0.0908. The maximum Gasteiger partial charge on any atom is 0.322 e. The number of furan rings is 1. The number of hydrogen-bond donors (Lipinski definition) is 4. The van der Waals surface area contributed by atoms with Gasteiger partial charge in [-0.15, -0.1) is 0 Å². The van der Waals surface area contributed by atoms with E-state index in [1.807, 2.05) is 0 Å². The summed E-state index contributed by atoms with van der Waals surface area (Å²) in [6.07, 6.45) is 0. The number of rotatable bonds is 8. The van der Waals surface area contributed by atoms with Gasteiger partial charge >= 0.3 is 12.0 Å². The summed E-state index contributed by atoms with van der Waals surface area (Å²) in [4.78, 5) is 23.6. The number of aliphatic carboxylic acids is 1. The number of nitrogens with one attached hydrogen (secondary N) is 3. The first-order valence-electron chi connectivity index (χ1n) is 11.0. The molecule has 4 rings (SSSR count). The Kier molecular flexibility index (Phi) is 6.95. The maximum atomic E-state index is 13.0. The van der Waals surface area contributed by atoms with Gasteiger partial charge in [-0.3, -0.25) is 4.79 Å². The Morgan fingerprint density at radius 2 is 1.69 bits per heavy atom. The maximum absolute atomic E-state index is 13.0.